The van der Waals surface area contributed by atoms with Crippen LogP contribution in [0.2, 0.25) is 0 Å². The Morgan fingerprint density at radius 1 is 1.15 bits per heavy atom. The summed E-state index contributed by atoms with van der Waals surface area (Å²) in [6, 6.07) is 6.07. The van der Waals surface area contributed by atoms with E-state index in [4.69, 9.17) is 4.52 Å². The number of anilines is 2. The fourth-order valence-corrected chi connectivity index (χ4v) is 2.82. The second kappa shape index (κ2) is 6.84. The molecule has 27 heavy (non-hydrogen) atoms. The van der Waals surface area contributed by atoms with Crippen LogP contribution in [0.3, 0.4) is 0 Å². The molecule has 0 saturated heterocycles. The maximum Gasteiger partial charge on any atom is 0.341 e. The lowest BCUT2D eigenvalue weighted by molar-refractivity contribution is 0.425. The van der Waals surface area contributed by atoms with Gasteiger partial charge in [0.05, 0.1) is 0 Å². The van der Waals surface area contributed by atoms with Gasteiger partial charge in [0.15, 0.2) is 16.2 Å². The van der Waals surface area contributed by atoms with Gasteiger partial charge in [0.25, 0.3) is 0 Å². The summed E-state index contributed by atoms with van der Waals surface area (Å²) in [5.41, 5.74) is 5.29. The number of nitrogens with one attached hydrogen (secondary N) is 2. The average Bonchev–Trinajstić information content (AvgIpc) is 3.27. The van der Waals surface area contributed by atoms with Gasteiger partial charge in [0, 0.05) is 6.20 Å². The lowest BCUT2D eigenvalue weighted by atomic mass is 10.3. The number of aromatic nitrogens is 4. The van der Waals surface area contributed by atoms with E-state index in [0.717, 1.165) is 11.5 Å². The van der Waals surface area contributed by atoms with E-state index >= 15 is 0 Å². The fourth-order valence-electron chi connectivity index (χ4n) is 2.15. The monoisotopic (exact) mass is 382 g/mol. The smallest absolute Gasteiger partial charge is 0.314 e. The van der Waals surface area contributed by atoms with E-state index in [2.05, 4.69) is 40.6 Å². The highest BCUT2D eigenvalue weighted by atomic mass is 32.1. The van der Waals surface area contributed by atoms with Crippen molar-refractivity contribution in [3.63, 3.8) is 0 Å². The lowest BCUT2D eigenvalue weighted by Crippen LogP contribution is -2.47. The lowest BCUT2D eigenvalue weighted by Gasteiger charge is -1.95. The van der Waals surface area contributed by atoms with Crippen molar-refractivity contribution in [2.24, 2.45) is 10.2 Å². The fraction of sp³-hybridized carbons (Fsp3) is 0.0667. The molecule has 4 rings (SSSR count). The van der Waals surface area contributed by atoms with Crippen LogP contribution in [0.25, 0.3) is 11.0 Å². The molecule has 11 nitrogen and oxygen atoms in total. The first-order valence-electron chi connectivity index (χ1n) is 7.57. The first-order valence-corrected chi connectivity index (χ1v) is 8.34. The van der Waals surface area contributed by atoms with E-state index in [0.29, 0.717) is 21.9 Å². The molecule has 0 amide bonds. The number of rotatable bonds is 4. The number of pyridine rings is 1. The summed E-state index contributed by atoms with van der Waals surface area (Å²) in [6.45, 7) is 1.62. The van der Waals surface area contributed by atoms with E-state index in [9.17, 15) is 9.59 Å². The van der Waals surface area contributed by atoms with Gasteiger partial charge in [0.2, 0.25) is 10.9 Å². The Bertz CT molecular complexity index is 1350. The molecule has 0 fully saturated rings. The van der Waals surface area contributed by atoms with Crippen molar-refractivity contribution in [3.05, 3.63) is 67.4 Å². The third-order valence-corrected chi connectivity index (χ3v) is 4.13. The Morgan fingerprint density at radius 3 is 2.85 bits per heavy atom. The van der Waals surface area contributed by atoms with Crippen LogP contribution in [0.1, 0.15) is 5.82 Å². The molecule has 1 aromatic carbocycles. The summed E-state index contributed by atoms with van der Waals surface area (Å²) in [5, 5.41) is 11.6. The zero-order valence-electron chi connectivity index (χ0n) is 13.7. The van der Waals surface area contributed by atoms with E-state index in [1.807, 2.05) is 6.07 Å². The molecule has 0 saturated carbocycles. The molecular weight excluding hydrogens is 372 g/mol. The second-order valence-corrected chi connectivity index (χ2v) is 6.01. The number of hydrogen-bond acceptors (Lipinski definition) is 12. The van der Waals surface area contributed by atoms with Crippen LogP contribution in [0.15, 0.2) is 54.8 Å². The van der Waals surface area contributed by atoms with E-state index in [1.165, 1.54) is 12.1 Å². The summed E-state index contributed by atoms with van der Waals surface area (Å²) in [7, 11) is 0. The summed E-state index contributed by atoms with van der Waals surface area (Å²) in [6.07, 6.45) is 1.63. The molecule has 12 heteroatoms. The standard InChI is InChI=1S/C15H10N8O3S/c1-7-17-15(26-22-7)21-19-12-10(24)5-4-9(13(12)25)18-20-14-11-8(23-27-14)3-2-6-16-11/h2-6,20H,1H3,(H,17,21,22). The van der Waals surface area contributed by atoms with Gasteiger partial charge in [-0.1, -0.05) is 5.16 Å². The molecule has 0 aliphatic rings. The molecule has 0 spiro atoms. The minimum atomic E-state index is -0.652. The average molecular weight is 382 g/mol. The van der Waals surface area contributed by atoms with Crippen LogP contribution in [-0.4, -0.2) is 19.5 Å². The Kier molecular flexibility index (Phi) is 4.22. The van der Waals surface area contributed by atoms with Crippen molar-refractivity contribution in [2.45, 2.75) is 6.92 Å². The Labute approximate surface area is 153 Å². The molecular formula is C15H10N8O3S. The highest BCUT2D eigenvalue weighted by Crippen LogP contribution is 2.24. The number of nitrogens with zero attached hydrogens (tertiary/aromatic N) is 6. The highest BCUT2D eigenvalue weighted by Gasteiger charge is 2.07. The summed E-state index contributed by atoms with van der Waals surface area (Å²) in [5.74, 6) is 0.385. The molecule has 0 aliphatic heterocycles. The summed E-state index contributed by atoms with van der Waals surface area (Å²) >= 11 is 1.16. The minimum Gasteiger partial charge on any atom is -0.314 e. The highest BCUT2D eigenvalue weighted by molar-refractivity contribution is 7.11. The molecule has 2 N–H and O–H groups in total. The maximum atomic E-state index is 12.5. The van der Waals surface area contributed by atoms with Gasteiger partial charge in [-0.3, -0.25) is 20.0 Å². The summed E-state index contributed by atoms with van der Waals surface area (Å²) < 4.78 is 9.04. The van der Waals surface area contributed by atoms with E-state index in [1.54, 1.807) is 19.2 Å². The van der Waals surface area contributed by atoms with Gasteiger partial charge in [-0.15, -0.1) is 0 Å². The van der Waals surface area contributed by atoms with Gasteiger partial charge in [0.1, 0.15) is 16.4 Å². The Balaban J connectivity index is 1.70. The largest absolute Gasteiger partial charge is 0.341 e. The SMILES string of the molecule is Cc1noc(NN=c2c(=O)ccc(=NNc3snc4cccnc34)c2=O)n1. The van der Waals surface area contributed by atoms with Crippen molar-refractivity contribution < 1.29 is 4.52 Å². The van der Waals surface area contributed by atoms with E-state index < -0.39 is 10.9 Å². The van der Waals surface area contributed by atoms with Gasteiger partial charge in [-0.2, -0.15) is 19.6 Å². The molecule has 0 bridgehead atoms. The number of hydrogen-bond donors (Lipinski definition) is 2. The second-order valence-electron chi connectivity index (χ2n) is 5.24. The molecule has 3 heterocycles. The third-order valence-electron chi connectivity index (χ3n) is 3.38. The molecule has 134 valence electrons. The quantitative estimate of drug-likeness (QED) is 0.459. The predicted molar refractivity (Wildman–Crippen MR) is 96.2 cm³/mol. The van der Waals surface area contributed by atoms with Crippen molar-refractivity contribution in [1.29, 1.82) is 0 Å². The molecule has 0 radical (unpaired) electrons. The predicted octanol–water partition coefficient (Wildman–Crippen LogP) is -0.166. The number of benzene rings is 1. The van der Waals surface area contributed by atoms with Gasteiger partial charge >= 0.3 is 6.01 Å². The van der Waals surface area contributed by atoms with Crippen LogP contribution >= 0.6 is 11.5 Å². The zero-order valence-corrected chi connectivity index (χ0v) is 14.5. The first kappa shape index (κ1) is 16.7. The molecule has 0 atom stereocenters. The van der Waals surface area contributed by atoms with Crippen LogP contribution < -0.4 is 32.4 Å². The van der Waals surface area contributed by atoms with E-state index in [-0.39, 0.29) is 16.7 Å². The van der Waals surface area contributed by atoms with Crippen molar-refractivity contribution in [2.75, 3.05) is 10.9 Å². The van der Waals surface area contributed by atoms with Crippen LogP contribution in [-0.2, 0) is 0 Å². The molecule has 4 aromatic rings. The van der Waals surface area contributed by atoms with Crippen LogP contribution in [0.5, 0.6) is 0 Å². The Hall–Kier alpha value is -3.80. The maximum absolute atomic E-state index is 12.5. The normalized spacial score (nSPS) is 12.6. The third kappa shape index (κ3) is 3.32. The Morgan fingerprint density at radius 2 is 2.04 bits per heavy atom. The van der Waals surface area contributed by atoms with Gasteiger partial charge in [-0.05, 0) is 42.7 Å². The minimum absolute atomic E-state index is 0.00865. The topological polar surface area (TPSA) is 148 Å². The molecule has 0 aliphatic carbocycles. The first-order chi connectivity index (χ1) is 13.1. The van der Waals surface area contributed by atoms with Crippen molar-refractivity contribution in [1.82, 2.24) is 19.5 Å². The van der Waals surface area contributed by atoms with Crippen molar-refractivity contribution >= 4 is 33.6 Å². The molecule has 3 aromatic heterocycles. The van der Waals surface area contributed by atoms with Gasteiger partial charge in [-0.25, -0.2) is 5.43 Å². The number of aryl methyl sites for hydroxylation is 1. The number of fused-ring (bicyclic) bond motifs is 1. The van der Waals surface area contributed by atoms with Crippen LogP contribution in [0.4, 0.5) is 11.0 Å². The molecule has 0 unspecified atom stereocenters. The van der Waals surface area contributed by atoms with Gasteiger partial charge < -0.3 is 4.52 Å². The zero-order chi connectivity index (χ0) is 18.8. The van der Waals surface area contributed by atoms with Crippen LogP contribution in [0, 0.1) is 6.92 Å². The van der Waals surface area contributed by atoms with Crippen molar-refractivity contribution in [3.8, 4) is 0 Å². The summed E-state index contributed by atoms with van der Waals surface area (Å²) in [4.78, 5) is 32.5.